The van der Waals surface area contributed by atoms with Crippen LogP contribution < -0.4 is 10.6 Å². The second-order valence-electron chi connectivity index (χ2n) is 3.33. The van der Waals surface area contributed by atoms with Crippen molar-refractivity contribution in [3.8, 4) is 0 Å². The molecule has 4 nitrogen and oxygen atoms in total. The number of alkyl halides is 3. The maximum absolute atomic E-state index is 12.3. The van der Waals surface area contributed by atoms with Gasteiger partial charge in [0, 0.05) is 0 Å². The molecule has 0 radical (unpaired) electrons. The molecule has 2 rings (SSSR count). The van der Waals surface area contributed by atoms with Crippen LogP contribution in [-0.2, 0) is 0 Å². The van der Waals surface area contributed by atoms with Crippen LogP contribution in [0.5, 0.6) is 0 Å². The van der Waals surface area contributed by atoms with Gasteiger partial charge < -0.3 is 15.7 Å². The van der Waals surface area contributed by atoms with E-state index in [2.05, 4.69) is 10.6 Å². The van der Waals surface area contributed by atoms with Crippen LogP contribution in [0.15, 0.2) is 18.2 Å². The molecule has 7 heteroatoms. The van der Waals surface area contributed by atoms with Crippen LogP contribution in [-0.4, -0.2) is 23.4 Å². The number of carboxylic acids is 1. The van der Waals surface area contributed by atoms with Crippen LogP contribution >= 0.6 is 0 Å². The highest BCUT2D eigenvalue weighted by Gasteiger charge is 2.43. The molecule has 0 bridgehead atoms. The molecule has 0 aliphatic carbocycles. The number of nitrogens with one attached hydrogen (secondary N) is 2. The molecular weight excluding hydrogens is 225 g/mol. The van der Waals surface area contributed by atoms with Gasteiger partial charge in [-0.25, -0.2) is 4.79 Å². The first-order chi connectivity index (χ1) is 7.38. The predicted octanol–water partition coefficient (Wildman–Crippen LogP) is 2.11. The molecule has 3 N–H and O–H groups in total. The fraction of sp³-hybridized carbons (Fsp3) is 0.222. The summed E-state index contributed by atoms with van der Waals surface area (Å²) >= 11 is 0. The lowest BCUT2D eigenvalue weighted by Crippen LogP contribution is -2.38. The molecule has 0 saturated heterocycles. The SMILES string of the molecule is O=C(O)c1ccc2c(c1)NC(C(F)(F)F)N2. The summed E-state index contributed by atoms with van der Waals surface area (Å²) in [5.74, 6) is -1.18. The maximum atomic E-state index is 12.3. The van der Waals surface area contributed by atoms with E-state index in [4.69, 9.17) is 5.11 Å². The normalized spacial score (nSPS) is 18.6. The van der Waals surface area contributed by atoms with Crippen molar-refractivity contribution in [3.05, 3.63) is 23.8 Å². The van der Waals surface area contributed by atoms with Gasteiger partial charge in [0.2, 0.25) is 0 Å². The third-order valence-corrected chi connectivity index (χ3v) is 2.19. The predicted molar refractivity (Wildman–Crippen MR) is 50.5 cm³/mol. The average Bonchev–Trinajstić information content (AvgIpc) is 2.58. The number of benzene rings is 1. The molecule has 1 aliphatic rings. The Morgan fingerprint density at radius 2 is 1.88 bits per heavy atom. The van der Waals surface area contributed by atoms with Crippen LogP contribution in [0.25, 0.3) is 0 Å². The van der Waals surface area contributed by atoms with E-state index in [1.165, 1.54) is 12.1 Å². The minimum Gasteiger partial charge on any atom is -0.478 e. The Labute approximate surface area is 88.1 Å². The third kappa shape index (κ3) is 1.75. The van der Waals surface area contributed by atoms with Crippen LogP contribution in [0.2, 0.25) is 0 Å². The minimum atomic E-state index is -4.43. The summed E-state index contributed by atoms with van der Waals surface area (Å²) in [6, 6.07) is 3.71. The number of hydrogen-bond donors (Lipinski definition) is 3. The summed E-state index contributed by atoms with van der Waals surface area (Å²) < 4.78 is 37.0. The number of halogens is 3. The molecule has 1 aromatic rings. The van der Waals surface area contributed by atoms with Gasteiger partial charge >= 0.3 is 12.1 Å². The highest BCUT2D eigenvalue weighted by Crippen LogP contribution is 2.35. The van der Waals surface area contributed by atoms with E-state index >= 15 is 0 Å². The zero-order chi connectivity index (χ0) is 11.9. The molecule has 0 fully saturated rings. The Kier molecular flexibility index (Phi) is 2.18. The molecule has 1 atom stereocenters. The lowest BCUT2D eigenvalue weighted by atomic mass is 10.2. The summed E-state index contributed by atoms with van der Waals surface area (Å²) in [7, 11) is 0. The zero-order valence-corrected chi connectivity index (χ0v) is 7.80. The van der Waals surface area contributed by atoms with Gasteiger partial charge in [0.25, 0.3) is 0 Å². The van der Waals surface area contributed by atoms with E-state index in [0.717, 1.165) is 6.07 Å². The lowest BCUT2D eigenvalue weighted by Gasteiger charge is -2.15. The van der Waals surface area contributed by atoms with Crippen molar-refractivity contribution in [3.63, 3.8) is 0 Å². The topological polar surface area (TPSA) is 61.4 Å². The van der Waals surface area contributed by atoms with Crippen LogP contribution in [0.1, 0.15) is 10.4 Å². The number of rotatable bonds is 1. The molecule has 0 aromatic heterocycles. The highest BCUT2D eigenvalue weighted by molar-refractivity contribution is 5.91. The van der Waals surface area contributed by atoms with E-state index < -0.39 is 18.3 Å². The van der Waals surface area contributed by atoms with Gasteiger partial charge in [-0.2, -0.15) is 13.2 Å². The van der Waals surface area contributed by atoms with Crippen LogP contribution in [0, 0.1) is 0 Å². The van der Waals surface area contributed by atoms with Gasteiger partial charge in [-0.3, -0.25) is 0 Å². The summed E-state index contributed by atoms with van der Waals surface area (Å²) in [5, 5.41) is 13.1. The molecule has 86 valence electrons. The molecule has 0 saturated carbocycles. The summed E-state index contributed by atoms with van der Waals surface area (Å²) in [5.41, 5.74) is 0.324. The van der Waals surface area contributed by atoms with Crippen LogP contribution in [0.4, 0.5) is 24.5 Å². The van der Waals surface area contributed by atoms with Gasteiger partial charge in [-0.15, -0.1) is 0 Å². The van der Waals surface area contributed by atoms with Crippen molar-refractivity contribution in [2.24, 2.45) is 0 Å². The summed E-state index contributed by atoms with van der Waals surface area (Å²) in [6.07, 6.45) is -6.30. The van der Waals surface area contributed by atoms with E-state index in [0.29, 0.717) is 0 Å². The fourth-order valence-corrected chi connectivity index (χ4v) is 1.43. The zero-order valence-electron chi connectivity index (χ0n) is 7.80. The van der Waals surface area contributed by atoms with E-state index in [1.54, 1.807) is 0 Å². The Morgan fingerprint density at radius 3 is 2.44 bits per heavy atom. The molecule has 1 aliphatic heterocycles. The highest BCUT2D eigenvalue weighted by atomic mass is 19.4. The van der Waals surface area contributed by atoms with Crippen molar-refractivity contribution in [1.29, 1.82) is 0 Å². The van der Waals surface area contributed by atoms with Crippen molar-refractivity contribution < 1.29 is 23.1 Å². The quantitative estimate of drug-likeness (QED) is 0.694. The average molecular weight is 232 g/mol. The first kappa shape index (κ1) is 10.6. The van der Waals surface area contributed by atoms with Crippen LogP contribution in [0.3, 0.4) is 0 Å². The molecule has 16 heavy (non-hydrogen) atoms. The Hall–Kier alpha value is -1.92. The summed E-state index contributed by atoms with van der Waals surface area (Å²) in [4.78, 5) is 10.6. The largest absolute Gasteiger partial charge is 0.478 e. The van der Waals surface area contributed by atoms with E-state index in [9.17, 15) is 18.0 Å². The Morgan fingerprint density at radius 1 is 1.25 bits per heavy atom. The smallest absolute Gasteiger partial charge is 0.427 e. The Bertz CT molecular complexity index is 445. The van der Waals surface area contributed by atoms with Crippen molar-refractivity contribution in [2.45, 2.75) is 12.3 Å². The first-order valence-corrected chi connectivity index (χ1v) is 4.35. The van der Waals surface area contributed by atoms with Gasteiger partial charge in [-0.1, -0.05) is 0 Å². The van der Waals surface area contributed by atoms with Gasteiger partial charge in [0.15, 0.2) is 6.17 Å². The minimum absolute atomic E-state index is 0.0594. The monoisotopic (exact) mass is 232 g/mol. The molecule has 1 unspecified atom stereocenters. The molecule has 0 spiro atoms. The lowest BCUT2D eigenvalue weighted by molar-refractivity contribution is -0.135. The molecular formula is C9H7F3N2O2. The number of carbonyl (C=O) groups is 1. The van der Waals surface area contributed by atoms with Gasteiger partial charge in [0.1, 0.15) is 0 Å². The molecule has 1 aromatic carbocycles. The van der Waals surface area contributed by atoms with Crippen molar-refractivity contribution in [2.75, 3.05) is 10.6 Å². The number of carboxylic acid groups (broad SMARTS) is 1. The second-order valence-corrected chi connectivity index (χ2v) is 3.33. The van der Waals surface area contributed by atoms with Gasteiger partial charge in [0.05, 0.1) is 16.9 Å². The van der Waals surface area contributed by atoms with Crippen molar-refractivity contribution in [1.82, 2.24) is 0 Å². The first-order valence-electron chi connectivity index (χ1n) is 4.35. The maximum Gasteiger partial charge on any atom is 0.427 e. The number of aromatic carboxylic acids is 1. The fourth-order valence-electron chi connectivity index (χ4n) is 1.43. The number of anilines is 2. The van der Waals surface area contributed by atoms with E-state index in [1.807, 2.05) is 0 Å². The number of hydrogen-bond acceptors (Lipinski definition) is 3. The molecule has 0 amide bonds. The van der Waals surface area contributed by atoms with Crippen molar-refractivity contribution >= 4 is 17.3 Å². The second kappa shape index (κ2) is 3.29. The summed E-state index contributed by atoms with van der Waals surface area (Å²) in [6.45, 7) is 0. The molecule has 1 heterocycles. The Balaban J connectivity index is 2.28. The van der Waals surface area contributed by atoms with Gasteiger partial charge in [-0.05, 0) is 18.2 Å². The van der Waals surface area contributed by atoms with E-state index in [-0.39, 0.29) is 16.9 Å². The third-order valence-electron chi connectivity index (χ3n) is 2.19. The standard InChI is InChI=1S/C9H7F3N2O2/c10-9(11,12)8-13-5-2-1-4(7(15)16)3-6(5)14-8/h1-3,8,13-14H,(H,15,16). The number of fused-ring (bicyclic) bond motifs is 1.